The van der Waals surface area contributed by atoms with Gasteiger partial charge in [-0.15, -0.1) is 16.3 Å². The molecular weight excluding hydrogens is 937 g/mol. The molecule has 2 aliphatic heterocycles. The van der Waals surface area contributed by atoms with Gasteiger partial charge in [0.1, 0.15) is 30.1 Å². The predicted molar refractivity (Wildman–Crippen MR) is 273 cm³/mol. The number of carbonyl (C=O) groups is 4. The number of aliphatic hydroxyl groups excluding tert-OH is 1. The number of hydrogen-bond donors (Lipinski definition) is 5. The van der Waals surface area contributed by atoms with Gasteiger partial charge >= 0.3 is 0 Å². The summed E-state index contributed by atoms with van der Waals surface area (Å²) in [6.07, 6.45) is 8.93. The van der Waals surface area contributed by atoms with Crippen molar-refractivity contribution in [3.8, 4) is 21.9 Å². The van der Waals surface area contributed by atoms with Crippen LogP contribution in [0.5, 0.6) is 5.75 Å². The van der Waals surface area contributed by atoms with Crippen LogP contribution in [0.2, 0.25) is 0 Å². The standard InChI is InChI=1S/C52H64N12O7S/c1-8-38-43-46(53-6)57-29-63(43)40-26-56-51(61-47(40)64(38)35-13-9-10-14-35)59-37-20-19-34(23-41(37)70-7)48(67)54-21-11-12-22-71-28-42(66)60-45(52(3,4)5)50(69)62-27-36(65)24-39(62)49(68)55-25-32-15-17-33(18-16-32)44-31(2)58-30-72-44/h15-20,23,26,29-30,35-36,38-39,45,65H,8-14,21-22,24-25,27-28H2,1-5,7H3,(H,54,67)(H,55,68)(H,60,66)(H,56,59,61)/t36-,38-,39+,45-/m1/s1. The number of rotatable bonds is 19. The molecule has 3 aromatic heterocycles. The van der Waals surface area contributed by atoms with E-state index in [2.05, 4.69) is 52.9 Å². The van der Waals surface area contributed by atoms with Crippen molar-refractivity contribution in [1.29, 1.82) is 0 Å². The van der Waals surface area contributed by atoms with E-state index < -0.39 is 35.4 Å². The maximum atomic E-state index is 14.0. The lowest BCUT2D eigenvalue weighted by Gasteiger charge is -2.42. The van der Waals surface area contributed by atoms with Crippen LogP contribution in [0.25, 0.3) is 21.0 Å². The monoisotopic (exact) mass is 1000 g/mol. The molecule has 5 heterocycles. The molecule has 4 atom stereocenters. The number of aryl methyl sites for hydroxylation is 1. The molecule has 0 bridgehead atoms. The minimum absolute atomic E-state index is 0.0295. The molecule has 72 heavy (non-hydrogen) atoms. The van der Waals surface area contributed by atoms with E-state index in [1.807, 2.05) is 62.0 Å². The number of likely N-dealkylation sites (tertiary alicyclic amines) is 1. The summed E-state index contributed by atoms with van der Waals surface area (Å²) in [5, 5.41) is 22.6. The van der Waals surface area contributed by atoms with Gasteiger partial charge in [-0.3, -0.25) is 23.7 Å². The zero-order valence-electron chi connectivity index (χ0n) is 41.7. The van der Waals surface area contributed by atoms with Crippen molar-refractivity contribution >= 4 is 58.2 Å². The van der Waals surface area contributed by atoms with Crippen LogP contribution in [0.1, 0.15) is 112 Å². The molecule has 2 aromatic carbocycles. The van der Waals surface area contributed by atoms with E-state index in [4.69, 9.17) is 21.0 Å². The third-order valence-corrected chi connectivity index (χ3v) is 14.5. The summed E-state index contributed by atoms with van der Waals surface area (Å²) in [4.78, 5) is 80.8. The summed E-state index contributed by atoms with van der Waals surface area (Å²) in [7, 11) is 1.53. The number of benzene rings is 2. The molecule has 20 heteroatoms. The van der Waals surface area contributed by atoms with Crippen molar-refractivity contribution in [3.05, 3.63) is 94.4 Å². The van der Waals surface area contributed by atoms with Gasteiger partial charge in [0.25, 0.3) is 11.7 Å². The van der Waals surface area contributed by atoms with Crippen LogP contribution in [0.3, 0.4) is 0 Å². The van der Waals surface area contributed by atoms with Crippen LogP contribution in [0.4, 0.5) is 23.3 Å². The van der Waals surface area contributed by atoms with E-state index in [1.54, 1.807) is 42.1 Å². The van der Waals surface area contributed by atoms with Crippen LogP contribution in [-0.2, 0) is 25.7 Å². The number of amides is 4. The van der Waals surface area contributed by atoms with Crippen LogP contribution in [0, 0.1) is 18.9 Å². The number of anilines is 3. The Labute approximate surface area is 424 Å². The molecule has 4 amide bonds. The number of β-amino-alcohol motifs (C(OH)–C–C–N with tert-alkyl or cyclic N) is 1. The molecule has 0 spiro atoms. The number of fused-ring (bicyclic) bond motifs is 3. The van der Waals surface area contributed by atoms with E-state index in [-0.39, 0.29) is 56.6 Å². The Kier molecular flexibility index (Phi) is 16.2. The van der Waals surface area contributed by atoms with Crippen molar-refractivity contribution in [2.45, 2.75) is 123 Å². The SMILES string of the molecule is [C-]#[N+]c1ncn2c1[C@@H](CC)N(C1CCCC1)c1nc(Nc3ccc(C(=O)NCCCCOCC(=O)N[C@H](C(=O)N4C[C@H](O)C[C@H]4C(=O)NCc4ccc(-c5scnc5C)cc4)C(C)(C)C)cc3OC)ncc1-2. The van der Waals surface area contributed by atoms with Gasteiger partial charge in [-0.2, -0.15) is 4.98 Å². The highest BCUT2D eigenvalue weighted by atomic mass is 32.1. The highest BCUT2D eigenvalue weighted by Gasteiger charge is 2.45. The van der Waals surface area contributed by atoms with Gasteiger partial charge in [0.2, 0.25) is 23.7 Å². The first-order valence-corrected chi connectivity index (χ1v) is 25.5. The molecule has 1 aliphatic carbocycles. The lowest BCUT2D eigenvalue weighted by atomic mass is 9.85. The first-order valence-electron chi connectivity index (χ1n) is 24.6. The fraction of sp³-hybridized carbons (Fsp3) is 0.481. The largest absolute Gasteiger partial charge is 0.495 e. The number of hydrogen-bond acceptors (Lipinski definition) is 14. The Morgan fingerprint density at radius 1 is 1.03 bits per heavy atom. The Morgan fingerprint density at radius 2 is 1.81 bits per heavy atom. The molecule has 0 radical (unpaired) electrons. The zero-order valence-corrected chi connectivity index (χ0v) is 42.6. The quantitative estimate of drug-likeness (QED) is 0.0418. The van der Waals surface area contributed by atoms with Crippen molar-refractivity contribution in [2.75, 3.05) is 43.6 Å². The number of carbonyl (C=O) groups excluding carboxylic acids is 4. The number of unbranched alkanes of at least 4 members (excludes halogenated alkanes) is 1. The van der Waals surface area contributed by atoms with Crippen molar-refractivity contribution in [1.82, 2.24) is 45.4 Å². The van der Waals surface area contributed by atoms with E-state index in [0.29, 0.717) is 48.2 Å². The number of nitrogens with one attached hydrogen (secondary N) is 4. The third-order valence-electron chi connectivity index (χ3n) is 13.6. The van der Waals surface area contributed by atoms with Gasteiger partial charge < -0.3 is 50.5 Å². The van der Waals surface area contributed by atoms with Gasteiger partial charge in [0.15, 0.2) is 12.1 Å². The second-order valence-electron chi connectivity index (χ2n) is 19.6. The van der Waals surface area contributed by atoms with E-state index in [1.165, 1.54) is 12.0 Å². The Bertz CT molecular complexity index is 2790. The molecule has 1 saturated heterocycles. The number of aliphatic hydroxyl groups is 1. The second-order valence-corrected chi connectivity index (χ2v) is 20.5. The number of methoxy groups -OCH3 is 1. The van der Waals surface area contributed by atoms with Gasteiger partial charge in [0, 0.05) is 44.3 Å². The average molecular weight is 1000 g/mol. The van der Waals surface area contributed by atoms with E-state index in [9.17, 15) is 24.3 Å². The Balaban J connectivity index is 0.786. The summed E-state index contributed by atoms with van der Waals surface area (Å²) in [6, 6.07) is 11.3. The highest BCUT2D eigenvalue weighted by Crippen LogP contribution is 2.46. The second kappa shape index (κ2) is 22.6. The molecule has 5 aromatic rings. The number of imidazole rings is 1. The summed E-state index contributed by atoms with van der Waals surface area (Å²) < 4.78 is 13.3. The average Bonchev–Trinajstić information content (AvgIpc) is 4.22. The Hall–Kier alpha value is -6.95. The number of thiazole rings is 1. The molecule has 8 rings (SSSR count). The molecular formula is C52H64N12O7S. The smallest absolute Gasteiger partial charge is 0.293 e. The predicted octanol–water partition coefficient (Wildman–Crippen LogP) is 6.95. The molecule has 5 N–H and O–H groups in total. The molecule has 1 saturated carbocycles. The highest BCUT2D eigenvalue weighted by molar-refractivity contribution is 7.13. The molecule has 2 fully saturated rings. The van der Waals surface area contributed by atoms with Crippen LogP contribution in [-0.4, -0.2) is 116 Å². The number of nitrogens with zero attached hydrogens (tertiary/aromatic N) is 8. The van der Waals surface area contributed by atoms with Gasteiger partial charge in [-0.1, -0.05) is 71.4 Å². The van der Waals surface area contributed by atoms with Crippen LogP contribution in [0.15, 0.2) is 60.5 Å². The van der Waals surface area contributed by atoms with Crippen LogP contribution >= 0.6 is 11.3 Å². The van der Waals surface area contributed by atoms with Crippen LogP contribution < -0.4 is 30.9 Å². The van der Waals surface area contributed by atoms with Crippen molar-refractivity contribution in [2.24, 2.45) is 5.41 Å². The molecule has 0 unspecified atom stereocenters. The lowest BCUT2D eigenvalue weighted by Crippen LogP contribution is -2.58. The fourth-order valence-electron chi connectivity index (χ4n) is 9.84. The maximum Gasteiger partial charge on any atom is 0.293 e. The van der Waals surface area contributed by atoms with E-state index >= 15 is 0 Å². The number of aromatic nitrogens is 5. The summed E-state index contributed by atoms with van der Waals surface area (Å²) >= 11 is 1.57. The molecule has 19 nitrogen and oxygen atoms in total. The molecule has 380 valence electrons. The first kappa shape index (κ1) is 51.4. The summed E-state index contributed by atoms with van der Waals surface area (Å²) in [6.45, 7) is 17.9. The third kappa shape index (κ3) is 11.4. The summed E-state index contributed by atoms with van der Waals surface area (Å²) in [5.74, 6) is 0.381. The topological polar surface area (TPSA) is 222 Å². The van der Waals surface area contributed by atoms with Crippen molar-refractivity contribution in [3.63, 3.8) is 0 Å². The van der Waals surface area contributed by atoms with E-state index in [0.717, 1.165) is 71.0 Å². The zero-order chi connectivity index (χ0) is 51.1. The van der Waals surface area contributed by atoms with Crippen molar-refractivity contribution < 1.29 is 33.8 Å². The summed E-state index contributed by atoms with van der Waals surface area (Å²) in [5.41, 5.74) is 6.62. The normalized spacial score (nSPS) is 17.9. The lowest BCUT2D eigenvalue weighted by molar-refractivity contribution is -0.144. The minimum Gasteiger partial charge on any atom is -0.495 e. The van der Waals surface area contributed by atoms with Gasteiger partial charge in [-0.25, -0.2) is 9.97 Å². The minimum atomic E-state index is -0.984. The fourth-order valence-corrected chi connectivity index (χ4v) is 10.7. The first-order chi connectivity index (χ1) is 34.7. The molecule has 3 aliphatic rings. The number of ether oxygens (including phenoxy) is 2. The maximum absolute atomic E-state index is 14.0. The van der Waals surface area contributed by atoms with Gasteiger partial charge in [0.05, 0.1) is 52.9 Å². The van der Waals surface area contributed by atoms with Gasteiger partial charge in [-0.05, 0) is 73.8 Å². The Morgan fingerprint density at radius 3 is 2.50 bits per heavy atom.